The van der Waals surface area contributed by atoms with E-state index in [1.807, 2.05) is 36.4 Å². The molecule has 0 aliphatic carbocycles. The average molecular weight is 357 g/mol. The first-order valence-corrected chi connectivity index (χ1v) is 8.37. The molecule has 128 valence electrons. The van der Waals surface area contributed by atoms with Crippen molar-refractivity contribution < 1.29 is 19.8 Å². The molecule has 1 aromatic carbocycles. The van der Waals surface area contributed by atoms with E-state index in [0.717, 1.165) is 15.3 Å². The summed E-state index contributed by atoms with van der Waals surface area (Å²) in [7, 11) is 0. The van der Waals surface area contributed by atoms with Gasteiger partial charge in [0, 0.05) is 11.3 Å². The molecule has 0 spiro atoms. The standard InChI is InChI=1S/C17H15N3O4S/c21-14(22)7-6-12(17(23)24)20-15-11-8-13(10-4-2-1-3-5-10)25-16(11)19-9-18-15/h1-5,8-9,12H,6-7H2,(H,21,22)(H,23,24)(H,18,19,20). The van der Waals surface area contributed by atoms with Crippen LogP contribution in [-0.2, 0) is 9.59 Å². The predicted octanol–water partition coefficient (Wildman–Crippen LogP) is 3.09. The third-order valence-corrected chi connectivity index (χ3v) is 4.74. The zero-order valence-corrected chi connectivity index (χ0v) is 13.9. The molecule has 0 saturated heterocycles. The number of hydrogen-bond acceptors (Lipinski definition) is 6. The van der Waals surface area contributed by atoms with E-state index in [1.165, 1.54) is 17.7 Å². The lowest BCUT2D eigenvalue weighted by molar-refractivity contribution is -0.139. The van der Waals surface area contributed by atoms with Crippen LogP contribution >= 0.6 is 11.3 Å². The number of aromatic nitrogens is 2. The molecule has 0 bridgehead atoms. The molecule has 3 N–H and O–H groups in total. The molecule has 0 radical (unpaired) electrons. The lowest BCUT2D eigenvalue weighted by atomic mass is 10.1. The Morgan fingerprint density at radius 3 is 2.60 bits per heavy atom. The van der Waals surface area contributed by atoms with Crippen LogP contribution in [0.5, 0.6) is 0 Å². The van der Waals surface area contributed by atoms with E-state index < -0.39 is 18.0 Å². The molecule has 1 unspecified atom stereocenters. The number of carboxylic acids is 2. The summed E-state index contributed by atoms with van der Waals surface area (Å²) in [6.07, 6.45) is 1.09. The number of fused-ring (bicyclic) bond motifs is 1. The van der Waals surface area contributed by atoms with Crippen molar-refractivity contribution in [2.24, 2.45) is 0 Å². The van der Waals surface area contributed by atoms with E-state index in [9.17, 15) is 14.7 Å². The number of hydrogen-bond donors (Lipinski definition) is 3. The van der Waals surface area contributed by atoms with Crippen LogP contribution in [0.3, 0.4) is 0 Å². The first-order chi connectivity index (χ1) is 12.0. The van der Waals surface area contributed by atoms with E-state index in [-0.39, 0.29) is 12.8 Å². The summed E-state index contributed by atoms with van der Waals surface area (Å²) in [4.78, 5) is 32.2. The Morgan fingerprint density at radius 1 is 1.16 bits per heavy atom. The van der Waals surface area contributed by atoms with Crippen molar-refractivity contribution in [1.82, 2.24) is 9.97 Å². The molecule has 7 nitrogen and oxygen atoms in total. The smallest absolute Gasteiger partial charge is 0.326 e. The summed E-state index contributed by atoms with van der Waals surface area (Å²) >= 11 is 1.49. The number of rotatable bonds is 7. The highest BCUT2D eigenvalue weighted by Crippen LogP contribution is 2.35. The zero-order valence-electron chi connectivity index (χ0n) is 13.0. The Morgan fingerprint density at radius 2 is 1.92 bits per heavy atom. The second-order valence-corrected chi connectivity index (χ2v) is 6.42. The molecular formula is C17H15N3O4S. The van der Waals surface area contributed by atoms with Crippen LogP contribution in [0.15, 0.2) is 42.7 Å². The van der Waals surface area contributed by atoms with Gasteiger partial charge in [-0.3, -0.25) is 4.79 Å². The molecule has 0 aliphatic rings. The van der Waals surface area contributed by atoms with Gasteiger partial charge in [-0.05, 0) is 18.1 Å². The number of carboxylic acid groups (broad SMARTS) is 2. The molecule has 8 heteroatoms. The average Bonchev–Trinajstić information content (AvgIpc) is 3.04. The largest absolute Gasteiger partial charge is 0.481 e. The fraction of sp³-hybridized carbons (Fsp3) is 0.176. The van der Waals surface area contributed by atoms with Gasteiger partial charge in [0.1, 0.15) is 23.0 Å². The maximum Gasteiger partial charge on any atom is 0.326 e. The van der Waals surface area contributed by atoms with Gasteiger partial charge < -0.3 is 15.5 Å². The molecule has 3 rings (SSSR count). The fourth-order valence-electron chi connectivity index (χ4n) is 2.41. The normalized spacial score (nSPS) is 12.0. The van der Waals surface area contributed by atoms with Gasteiger partial charge in [-0.25, -0.2) is 14.8 Å². The van der Waals surface area contributed by atoms with Gasteiger partial charge in [0.25, 0.3) is 0 Å². The van der Waals surface area contributed by atoms with Crippen LogP contribution in [0.1, 0.15) is 12.8 Å². The highest BCUT2D eigenvalue weighted by atomic mass is 32.1. The maximum absolute atomic E-state index is 11.4. The second kappa shape index (κ2) is 7.27. The van der Waals surface area contributed by atoms with E-state index in [0.29, 0.717) is 11.2 Å². The Balaban J connectivity index is 1.92. The fourth-order valence-corrected chi connectivity index (χ4v) is 3.41. The highest BCUT2D eigenvalue weighted by molar-refractivity contribution is 7.21. The van der Waals surface area contributed by atoms with E-state index in [1.54, 1.807) is 0 Å². The van der Waals surface area contributed by atoms with Crippen LogP contribution in [0, 0.1) is 0 Å². The first kappa shape index (κ1) is 16.8. The summed E-state index contributed by atoms with van der Waals surface area (Å²) in [6, 6.07) is 10.7. The van der Waals surface area contributed by atoms with Crippen LogP contribution in [0.2, 0.25) is 0 Å². The number of benzene rings is 1. The van der Waals surface area contributed by atoms with E-state index in [2.05, 4.69) is 15.3 Å². The Hall–Kier alpha value is -3.00. The van der Waals surface area contributed by atoms with Gasteiger partial charge >= 0.3 is 11.9 Å². The van der Waals surface area contributed by atoms with Gasteiger partial charge in [0.15, 0.2) is 0 Å². The lowest BCUT2D eigenvalue weighted by Crippen LogP contribution is -2.30. The van der Waals surface area contributed by atoms with E-state index >= 15 is 0 Å². The summed E-state index contributed by atoms with van der Waals surface area (Å²) in [6.45, 7) is 0. The third kappa shape index (κ3) is 3.92. The third-order valence-electron chi connectivity index (χ3n) is 3.64. The molecular weight excluding hydrogens is 342 g/mol. The Labute approximate surface area is 147 Å². The molecule has 0 amide bonds. The summed E-state index contributed by atoms with van der Waals surface area (Å²) < 4.78 is 0. The minimum Gasteiger partial charge on any atom is -0.481 e. The number of nitrogens with one attached hydrogen (secondary N) is 1. The minimum atomic E-state index is -1.12. The number of carbonyl (C=O) groups is 2. The minimum absolute atomic E-state index is 0.0359. The monoisotopic (exact) mass is 357 g/mol. The van der Waals surface area contributed by atoms with Gasteiger partial charge in [-0.2, -0.15) is 0 Å². The van der Waals surface area contributed by atoms with Gasteiger partial charge in [0.05, 0.1) is 5.39 Å². The second-order valence-electron chi connectivity index (χ2n) is 5.39. The van der Waals surface area contributed by atoms with Gasteiger partial charge in [-0.15, -0.1) is 11.3 Å². The van der Waals surface area contributed by atoms with Crippen LogP contribution in [-0.4, -0.2) is 38.2 Å². The van der Waals surface area contributed by atoms with Crippen LogP contribution in [0.25, 0.3) is 20.7 Å². The molecule has 1 atom stereocenters. The van der Waals surface area contributed by atoms with Crippen LogP contribution in [0.4, 0.5) is 5.82 Å². The maximum atomic E-state index is 11.4. The number of thiophene rings is 1. The number of anilines is 1. The Kier molecular flexibility index (Phi) is 4.90. The van der Waals surface area contributed by atoms with Crippen LogP contribution < -0.4 is 5.32 Å². The summed E-state index contributed by atoms with van der Waals surface area (Å²) in [5.41, 5.74) is 1.04. The highest BCUT2D eigenvalue weighted by Gasteiger charge is 2.21. The van der Waals surface area contributed by atoms with Crippen molar-refractivity contribution in [3.8, 4) is 10.4 Å². The summed E-state index contributed by atoms with van der Waals surface area (Å²) in [5, 5.41) is 21.6. The quantitative estimate of drug-likeness (QED) is 0.595. The molecule has 0 saturated carbocycles. The van der Waals surface area contributed by atoms with Crippen molar-refractivity contribution in [2.75, 3.05) is 5.32 Å². The molecule has 2 aromatic heterocycles. The molecule has 0 fully saturated rings. The first-order valence-electron chi connectivity index (χ1n) is 7.55. The van der Waals surface area contributed by atoms with Crippen molar-refractivity contribution >= 4 is 39.3 Å². The summed E-state index contributed by atoms with van der Waals surface area (Å²) in [5.74, 6) is -1.77. The van der Waals surface area contributed by atoms with Crippen molar-refractivity contribution in [1.29, 1.82) is 0 Å². The SMILES string of the molecule is O=C(O)CCC(Nc1ncnc2sc(-c3ccccc3)cc12)C(=O)O. The lowest BCUT2D eigenvalue weighted by Gasteiger charge is -2.14. The van der Waals surface area contributed by atoms with Crippen molar-refractivity contribution in [3.05, 3.63) is 42.7 Å². The molecule has 3 aromatic rings. The van der Waals surface area contributed by atoms with Gasteiger partial charge in [-0.1, -0.05) is 30.3 Å². The van der Waals surface area contributed by atoms with Gasteiger partial charge in [0.2, 0.25) is 0 Å². The molecule has 2 heterocycles. The molecule has 0 aliphatic heterocycles. The zero-order chi connectivity index (χ0) is 17.8. The van der Waals surface area contributed by atoms with Crippen molar-refractivity contribution in [2.45, 2.75) is 18.9 Å². The Bertz CT molecular complexity index is 911. The number of aliphatic carboxylic acids is 2. The number of nitrogens with zero attached hydrogens (tertiary/aromatic N) is 2. The van der Waals surface area contributed by atoms with E-state index in [4.69, 9.17) is 5.11 Å². The predicted molar refractivity (Wildman–Crippen MR) is 94.8 cm³/mol. The molecule has 25 heavy (non-hydrogen) atoms. The van der Waals surface area contributed by atoms with Crippen molar-refractivity contribution in [3.63, 3.8) is 0 Å². The topological polar surface area (TPSA) is 112 Å².